The number of carbonyl (C=O) groups excluding carboxylic acids is 1. The van der Waals surface area contributed by atoms with Crippen LogP contribution in [0.1, 0.15) is 0 Å². The van der Waals surface area contributed by atoms with E-state index in [2.05, 4.69) is 14.2 Å². The van der Waals surface area contributed by atoms with Crippen LogP contribution in [0.15, 0.2) is 0 Å². The quantitative estimate of drug-likeness (QED) is 0.605. The molecular formula is C5H5F3O4. The van der Waals surface area contributed by atoms with Gasteiger partial charge in [-0.25, -0.2) is 4.79 Å². The molecule has 7 heteroatoms. The van der Waals surface area contributed by atoms with E-state index in [1.54, 1.807) is 0 Å². The van der Waals surface area contributed by atoms with Crippen molar-refractivity contribution in [2.45, 2.75) is 12.5 Å². The molecule has 1 atom stereocenters. The van der Waals surface area contributed by atoms with Gasteiger partial charge in [-0.3, -0.25) is 4.74 Å². The van der Waals surface area contributed by atoms with Crippen molar-refractivity contribution in [1.82, 2.24) is 0 Å². The van der Waals surface area contributed by atoms with E-state index in [0.717, 1.165) is 0 Å². The van der Waals surface area contributed by atoms with Gasteiger partial charge < -0.3 is 9.47 Å². The molecule has 0 aromatic heterocycles. The third-order valence-corrected chi connectivity index (χ3v) is 1.08. The van der Waals surface area contributed by atoms with Crippen LogP contribution in [-0.2, 0) is 14.2 Å². The molecule has 0 spiro atoms. The van der Waals surface area contributed by atoms with Crippen molar-refractivity contribution >= 4 is 6.16 Å². The highest BCUT2D eigenvalue weighted by molar-refractivity contribution is 5.61. The van der Waals surface area contributed by atoms with Crippen molar-refractivity contribution in [3.63, 3.8) is 0 Å². The van der Waals surface area contributed by atoms with Gasteiger partial charge in [0, 0.05) is 0 Å². The van der Waals surface area contributed by atoms with E-state index in [9.17, 15) is 18.0 Å². The fourth-order valence-corrected chi connectivity index (χ4v) is 0.635. The number of hydrogen-bond donors (Lipinski definition) is 0. The molecule has 1 rings (SSSR count). The molecule has 1 heterocycles. The molecule has 0 N–H and O–H groups in total. The Hall–Kier alpha value is -0.980. The van der Waals surface area contributed by atoms with Gasteiger partial charge in [-0.1, -0.05) is 0 Å². The molecule has 0 radical (unpaired) electrons. The molecule has 0 aliphatic carbocycles. The summed E-state index contributed by atoms with van der Waals surface area (Å²) < 4.78 is 46.1. The molecule has 0 saturated carbocycles. The van der Waals surface area contributed by atoms with Gasteiger partial charge in [-0.2, -0.15) is 0 Å². The lowest BCUT2D eigenvalue weighted by Gasteiger charge is -2.09. The summed E-state index contributed by atoms with van der Waals surface area (Å²) in [6.07, 6.45) is -6.63. The lowest BCUT2D eigenvalue weighted by Crippen LogP contribution is -2.24. The summed E-state index contributed by atoms with van der Waals surface area (Å²) in [5, 5.41) is 0. The van der Waals surface area contributed by atoms with Gasteiger partial charge in [0.25, 0.3) is 0 Å². The van der Waals surface area contributed by atoms with Crippen molar-refractivity contribution in [3.05, 3.63) is 0 Å². The van der Waals surface area contributed by atoms with Crippen molar-refractivity contribution in [3.8, 4) is 0 Å². The Morgan fingerprint density at radius 1 is 1.58 bits per heavy atom. The van der Waals surface area contributed by atoms with Crippen LogP contribution in [0.2, 0.25) is 0 Å². The number of cyclic esters (lactones) is 2. The summed E-state index contributed by atoms with van der Waals surface area (Å²) in [7, 11) is 0. The van der Waals surface area contributed by atoms with Gasteiger partial charge in [0.05, 0.1) is 6.61 Å². The number of hydrogen-bond acceptors (Lipinski definition) is 4. The highest BCUT2D eigenvalue weighted by Gasteiger charge is 2.33. The molecular weight excluding hydrogens is 181 g/mol. The van der Waals surface area contributed by atoms with Crippen LogP contribution in [0.5, 0.6) is 0 Å². The fraction of sp³-hybridized carbons (Fsp3) is 0.800. The van der Waals surface area contributed by atoms with E-state index in [0.29, 0.717) is 0 Å². The monoisotopic (exact) mass is 186 g/mol. The van der Waals surface area contributed by atoms with Crippen molar-refractivity contribution in [2.75, 3.05) is 13.2 Å². The topological polar surface area (TPSA) is 44.8 Å². The predicted octanol–water partition coefficient (Wildman–Crippen LogP) is 1.06. The van der Waals surface area contributed by atoms with Crippen molar-refractivity contribution in [2.24, 2.45) is 0 Å². The summed E-state index contributed by atoms with van der Waals surface area (Å²) >= 11 is 0. The standard InChI is InChI=1S/C5H5F3O4/c6-5(7,8)11-2-3-1-10-4(9)12-3/h3H,1-2H2. The fourth-order valence-electron chi connectivity index (χ4n) is 0.635. The maximum absolute atomic E-state index is 11.4. The Labute approximate surface area is 65.2 Å². The smallest absolute Gasteiger partial charge is 0.430 e. The molecule has 0 aromatic rings. The molecule has 0 aromatic carbocycles. The van der Waals surface area contributed by atoms with Crippen LogP contribution in [0.3, 0.4) is 0 Å². The lowest BCUT2D eigenvalue weighted by atomic mass is 10.4. The number of carbonyl (C=O) groups is 1. The van der Waals surface area contributed by atoms with Crippen LogP contribution in [0.25, 0.3) is 0 Å². The highest BCUT2D eigenvalue weighted by atomic mass is 19.4. The Bertz CT molecular complexity index is 178. The van der Waals surface area contributed by atoms with E-state index in [-0.39, 0.29) is 6.61 Å². The van der Waals surface area contributed by atoms with Gasteiger partial charge in [0.1, 0.15) is 6.61 Å². The number of halogens is 3. The molecule has 1 unspecified atom stereocenters. The third-order valence-electron chi connectivity index (χ3n) is 1.08. The number of rotatable bonds is 2. The lowest BCUT2D eigenvalue weighted by molar-refractivity contribution is -0.329. The summed E-state index contributed by atoms with van der Waals surface area (Å²) in [6.45, 7) is -0.926. The van der Waals surface area contributed by atoms with Crippen molar-refractivity contribution in [1.29, 1.82) is 0 Å². The van der Waals surface area contributed by atoms with Crippen LogP contribution >= 0.6 is 0 Å². The summed E-state index contributed by atoms with van der Waals surface area (Å²) in [5.41, 5.74) is 0. The minimum absolute atomic E-state index is 0.199. The Morgan fingerprint density at radius 3 is 2.67 bits per heavy atom. The number of ether oxygens (including phenoxy) is 3. The summed E-state index contributed by atoms with van der Waals surface area (Å²) in [4.78, 5) is 10.2. The van der Waals surface area contributed by atoms with E-state index in [4.69, 9.17) is 0 Å². The Morgan fingerprint density at radius 2 is 2.25 bits per heavy atom. The molecule has 12 heavy (non-hydrogen) atoms. The second-order valence-electron chi connectivity index (χ2n) is 2.06. The average molecular weight is 186 g/mol. The molecule has 70 valence electrons. The normalized spacial score (nSPS) is 23.6. The average Bonchev–Trinajstić information content (AvgIpc) is 2.30. The van der Waals surface area contributed by atoms with Crippen LogP contribution in [0.4, 0.5) is 18.0 Å². The first-order valence-corrected chi connectivity index (χ1v) is 3.01. The molecule has 0 bridgehead atoms. The van der Waals surface area contributed by atoms with Gasteiger partial charge in [0.15, 0.2) is 6.10 Å². The van der Waals surface area contributed by atoms with Gasteiger partial charge in [-0.15, -0.1) is 13.2 Å². The molecule has 0 amide bonds. The van der Waals surface area contributed by atoms with Crippen LogP contribution < -0.4 is 0 Å². The minimum atomic E-state index is -4.70. The van der Waals surface area contributed by atoms with Gasteiger partial charge in [0.2, 0.25) is 0 Å². The van der Waals surface area contributed by atoms with E-state index < -0.39 is 25.2 Å². The second-order valence-corrected chi connectivity index (χ2v) is 2.06. The molecule has 1 fully saturated rings. The molecule has 1 aliphatic rings. The minimum Gasteiger partial charge on any atom is -0.430 e. The third kappa shape index (κ3) is 2.95. The van der Waals surface area contributed by atoms with Gasteiger partial charge in [-0.05, 0) is 0 Å². The van der Waals surface area contributed by atoms with Crippen LogP contribution in [-0.4, -0.2) is 31.8 Å². The Kier molecular flexibility index (Phi) is 2.41. The zero-order valence-electron chi connectivity index (χ0n) is 5.76. The zero-order chi connectivity index (χ0) is 9.19. The first-order chi connectivity index (χ1) is 5.47. The zero-order valence-corrected chi connectivity index (χ0v) is 5.76. The van der Waals surface area contributed by atoms with E-state index >= 15 is 0 Å². The first kappa shape index (κ1) is 9.11. The van der Waals surface area contributed by atoms with E-state index in [1.165, 1.54) is 0 Å². The highest BCUT2D eigenvalue weighted by Crippen LogP contribution is 2.18. The predicted molar refractivity (Wildman–Crippen MR) is 28.2 cm³/mol. The summed E-state index contributed by atoms with van der Waals surface area (Å²) in [5.74, 6) is 0. The van der Waals surface area contributed by atoms with Crippen molar-refractivity contribution < 1.29 is 32.2 Å². The summed E-state index contributed by atoms with van der Waals surface area (Å²) in [6, 6.07) is 0. The maximum atomic E-state index is 11.4. The largest absolute Gasteiger partial charge is 0.522 e. The van der Waals surface area contributed by atoms with E-state index in [1.807, 2.05) is 0 Å². The Balaban J connectivity index is 2.20. The maximum Gasteiger partial charge on any atom is 0.522 e. The van der Waals surface area contributed by atoms with Crippen LogP contribution in [0, 0.1) is 0 Å². The first-order valence-electron chi connectivity index (χ1n) is 3.01. The number of alkyl halides is 3. The molecule has 1 aliphatic heterocycles. The second kappa shape index (κ2) is 3.18. The SMILES string of the molecule is O=C1OCC(COC(F)(F)F)O1. The van der Waals surface area contributed by atoms with Gasteiger partial charge >= 0.3 is 12.5 Å². The molecule has 1 saturated heterocycles. The molecule has 4 nitrogen and oxygen atoms in total.